The molecule has 1 saturated carbocycles. The Kier molecular flexibility index (Phi) is 7.97. The molecule has 0 saturated heterocycles. The number of aromatic hydroxyl groups is 2. The third-order valence-electron chi connectivity index (χ3n) is 6.21. The van der Waals surface area contributed by atoms with Gasteiger partial charge >= 0.3 is 0 Å². The van der Waals surface area contributed by atoms with Crippen molar-refractivity contribution in [2.24, 2.45) is 11.8 Å². The molecule has 0 spiro atoms. The van der Waals surface area contributed by atoms with Gasteiger partial charge in [0.15, 0.2) is 11.5 Å². The van der Waals surface area contributed by atoms with E-state index in [4.69, 9.17) is 4.52 Å². The molecule has 2 aromatic rings. The van der Waals surface area contributed by atoms with Crippen LogP contribution in [0.25, 0.3) is 11.3 Å². The van der Waals surface area contributed by atoms with Crippen molar-refractivity contribution in [3.05, 3.63) is 23.4 Å². The first kappa shape index (κ1) is 24.6. The van der Waals surface area contributed by atoms with Crippen LogP contribution in [-0.2, 0) is 4.79 Å². The van der Waals surface area contributed by atoms with Crippen LogP contribution in [0.15, 0.2) is 16.7 Å². The summed E-state index contributed by atoms with van der Waals surface area (Å²) in [4.78, 5) is 25.7. The summed E-state index contributed by atoms with van der Waals surface area (Å²) in [5.41, 5.74) is 0.910. The number of carbonyl (C=O) groups excluding carboxylic acids is 2. The van der Waals surface area contributed by atoms with E-state index < -0.39 is 5.91 Å². The van der Waals surface area contributed by atoms with E-state index in [1.54, 1.807) is 13.0 Å². The number of nitrogens with zero attached hydrogens (tertiary/aromatic N) is 1. The molecule has 0 unspecified atom stereocenters. The summed E-state index contributed by atoms with van der Waals surface area (Å²) in [7, 11) is 1.93. The van der Waals surface area contributed by atoms with Gasteiger partial charge in [-0.05, 0) is 69.7 Å². The predicted octanol–water partition coefficient (Wildman–Crippen LogP) is 3.59. The molecule has 1 heterocycles. The van der Waals surface area contributed by atoms with Gasteiger partial charge in [-0.2, -0.15) is 0 Å². The number of amides is 2. The number of aromatic nitrogens is 1. The number of phenols is 2. The highest BCUT2D eigenvalue weighted by atomic mass is 16.5. The van der Waals surface area contributed by atoms with E-state index in [1.165, 1.54) is 6.07 Å². The molecule has 0 radical (unpaired) electrons. The zero-order chi connectivity index (χ0) is 24.1. The first-order valence-electron chi connectivity index (χ1n) is 11.6. The number of hydrogen-bond donors (Lipinski definition) is 5. The second-order valence-electron chi connectivity index (χ2n) is 8.94. The molecule has 1 aliphatic rings. The number of phenolic OH excluding ortho intramolecular Hbond substituents is 2. The fourth-order valence-corrected chi connectivity index (χ4v) is 4.37. The lowest BCUT2D eigenvalue weighted by Gasteiger charge is -2.27. The highest BCUT2D eigenvalue weighted by Gasteiger charge is 2.31. The summed E-state index contributed by atoms with van der Waals surface area (Å²) in [5, 5.41) is 33.3. The van der Waals surface area contributed by atoms with Crippen LogP contribution in [0.5, 0.6) is 11.5 Å². The molecule has 9 nitrogen and oxygen atoms in total. The summed E-state index contributed by atoms with van der Waals surface area (Å²) >= 11 is 0. The van der Waals surface area contributed by atoms with Gasteiger partial charge in [0.25, 0.3) is 5.91 Å². The van der Waals surface area contributed by atoms with Gasteiger partial charge in [-0.15, -0.1) is 0 Å². The largest absolute Gasteiger partial charge is 0.508 e. The third-order valence-corrected chi connectivity index (χ3v) is 6.21. The smallest absolute Gasteiger partial charge is 0.275 e. The summed E-state index contributed by atoms with van der Waals surface area (Å²) in [6.07, 6.45) is 3.43. The van der Waals surface area contributed by atoms with Gasteiger partial charge in [-0.25, -0.2) is 0 Å². The SMILES string of the molecule is CCNC(=O)c1noc(-c2cc(C(C)C)c(O)cc2O)c1NC(=O)C1CCC(CNC)CC1. The van der Waals surface area contributed by atoms with Crippen molar-refractivity contribution < 1.29 is 24.3 Å². The molecule has 33 heavy (non-hydrogen) atoms. The summed E-state index contributed by atoms with van der Waals surface area (Å²) in [6, 6.07) is 2.82. The van der Waals surface area contributed by atoms with Crippen molar-refractivity contribution >= 4 is 17.5 Å². The van der Waals surface area contributed by atoms with Gasteiger partial charge < -0.3 is 30.7 Å². The average Bonchev–Trinajstić information content (AvgIpc) is 3.17. The zero-order valence-corrected chi connectivity index (χ0v) is 19.7. The van der Waals surface area contributed by atoms with Crippen LogP contribution in [0.3, 0.4) is 0 Å². The molecule has 3 rings (SSSR count). The maximum atomic E-state index is 13.1. The standard InChI is InChI=1S/C24H34N4O5/c1-5-26-24(32)21-20(27-23(31)15-8-6-14(7-9-15)12-25-4)22(33-28-21)17-10-16(13(2)3)18(29)11-19(17)30/h10-11,13-15,25,29-30H,5-9,12H2,1-4H3,(H,26,32)(H,27,31). The summed E-state index contributed by atoms with van der Waals surface area (Å²) in [5.74, 6) is -0.536. The number of anilines is 1. The molecule has 1 aromatic heterocycles. The molecule has 1 fully saturated rings. The Balaban J connectivity index is 1.95. The molecule has 5 N–H and O–H groups in total. The Morgan fingerprint density at radius 3 is 2.45 bits per heavy atom. The van der Waals surface area contributed by atoms with Crippen molar-refractivity contribution in [1.29, 1.82) is 0 Å². The Morgan fingerprint density at radius 2 is 1.85 bits per heavy atom. The van der Waals surface area contributed by atoms with Crippen LogP contribution in [0.1, 0.15) is 68.4 Å². The molecule has 2 amide bonds. The lowest BCUT2D eigenvalue weighted by molar-refractivity contribution is -0.121. The van der Waals surface area contributed by atoms with Crippen molar-refractivity contribution in [3.63, 3.8) is 0 Å². The van der Waals surface area contributed by atoms with E-state index in [1.807, 2.05) is 20.9 Å². The molecular weight excluding hydrogens is 424 g/mol. The van der Waals surface area contributed by atoms with E-state index in [-0.39, 0.29) is 51.9 Å². The lowest BCUT2D eigenvalue weighted by Crippen LogP contribution is -2.31. The summed E-state index contributed by atoms with van der Waals surface area (Å²) in [6.45, 7) is 6.91. The van der Waals surface area contributed by atoms with Crippen molar-refractivity contribution in [2.45, 2.75) is 52.4 Å². The maximum Gasteiger partial charge on any atom is 0.275 e. The van der Waals surface area contributed by atoms with Crippen molar-refractivity contribution in [2.75, 3.05) is 25.5 Å². The van der Waals surface area contributed by atoms with Crippen LogP contribution < -0.4 is 16.0 Å². The molecule has 0 aliphatic heterocycles. The monoisotopic (exact) mass is 458 g/mol. The number of benzene rings is 1. The van der Waals surface area contributed by atoms with E-state index in [2.05, 4.69) is 21.1 Å². The first-order valence-corrected chi connectivity index (χ1v) is 11.6. The van der Waals surface area contributed by atoms with Crippen molar-refractivity contribution in [3.8, 4) is 22.8 Å². The van der Waals surface area contributed by atoms with Gasteiger partial charge in [0.2, 0.25) is 5.91 Å². The van der Waals surface area contributed by atoms with Crippen LogP contribution in [0.2, 0.25) is 0 Å². The molecule has 1 aliphatic carbocycles. The predicted molar refractivity (Wildman–Crippen MR) is 125 cm³/mol. The van der Waals surface area contributed by atoms with Gasteiger partial charge in [-0.1, -0.05) is 19.0 Å². The molecule has 1 aromatic carbocycles. The van der Waals surface area contributed by atoms with E-state index in [9.17, 15) is 19.8 Å². The van der Waals surface area contributed by atoms with Crippen LogP contribution in [0.4, 0.5) is 5.69 Å². The van der Waals surface area contributed by atoms with Gasteiger partial charge in [0.05, 0.1) is 5.56 Å². The fraction of sp³-hybridized carbons (Fsp3) is 0.542. The van der Waals surface area contributed by atoms with Crippen molar-refractivity contribution in [1.82, 2.24) is 15.8 Å². The first-order chi connectivity index (χ1) is 15.8. The molecule has 0 atom stereocenters. The minimum Gasteiger partial charge on any atom is -0.508 e. The number of hydrogen-bond acceptors (Lipinski definition) is 7. The topological polar surface area (TPSA) is 137 Å². The van der Waals surface area contributed by atoms with E-state index in [0.29, 0.717) is 18.0 Å². The normalized spacial score (nSPS) is 18.3. The minimum atomic E-state index is -0.483. The zero-order valence-electron chi connectivity index (χ0n) is 19.7. The number of rotatable bonds is 8. The Labute approximate surface area is 193 Å². The van der Waals surface area contributed by atoms with Crippen LogP contribution in [-0.4, -0.2) is 47.3 Å². The Morgan fingerprint density at radius 1 is 1.15 bits per heavy atom. The number of carbonyl (C=O) groups is 2. The second kappa shape index (κ2) is 10.7. The van der Waals surface area contributed by atoms with Gasteiger partial charge in [0, 0.05) is 18.5 Å². The minimum absolute atomic E-state index is 0.0269. The van der Waals surface area contributed by atoms with Gasteiger partial charge in [-0.3, -0.25) is 9.59 Å². The molecule has 0 bridgehead atoms. The Hall–Kier alpha value is -3.07. The number of nitrogens with one attached hydrogen (secondary N) is 3. The molecule has 9 heteroatoms. The highest BCUT2D eigenvalue weighted by molar-refractivity contribution is 6.06. The quantitative estimate of drug-likeness (QED) is 0.408. The average molecular weight is 459 g/mol. The van der Waals surface area contributed by atoms with E-state index in [0.717, 1.165) is 32.2 Å². The fourth-order valence-electron chi connectivity index (χ4n) is 4.37. The molecular formula is C24H34N4O5. The summed E-state index contributed by atoms with van der Waals surface area (Å²) < 4.78 is 5.47. The second-order valence-corrected chi connectivity index (χ2v) is 8.94. The lowest BCUT2D eigenvalue weighted by atomic mass is 9.81. The molecule has 180 valence electrons. The Bertz CT molecular complexity index is 993. The van der Waals surface area contributed by atoms with Crippen LogP contribution >= 0.6 is 0 Å². The maximum absolute atomic E-state index is 13.1. The third kappa shape index (κ3) is 5.47. The van der Waals surface area contributed by atoms with E-state index >= 15 is 0 Å². The van der Waals surface area contributed by atoms with Gasteiger partial charge in [0.1, 0.15) is 17.2 Å². The van der Waals surface area contributed by atoms with Crippen LogP contribution in [0, 0.1) is 11.8 Å². The highest BCUT2D eigenvalue weighted by Crippen LogP contribution is 2.42.